The molecular weight excluding hydrogens is 281 g/mol. The smallest absolute Gasteiger partial charge is 0.407 e. The summed E-state index contributed by atoms with van der Waals surface area (Å²) in [5.41, 5.74) is -0.765. The van der Waals surface area contributed by atoms with Crippen LogP contribution in [-0.4, -0.2) is 29.7 Å². The van der Waals surface area contributed by atoms with Crippen LogP contribution in [0.15, 0.2) is 18.2 Å². The second-order valence-electron chi connectivity index (χ2n) is 5.28. The van der Waals surface area contributed by atoms with E-state index in [-0.39, 0.29) is 24.5 Å². The molecule has 0 fully saturated rings. The lowest BCUT2D eigenvalue weighted by Gasteiger charge is -2.19. The number of amides is 1. The van der Waals surface area contributed by atoms with Gasteiger partial charge in [0.05, 0.1) is 16.7 Å². The van der Waals surface area contributed by atoms with Crippen molar-refractivity contribution >= 4 is 17.5 Å². The maximum absolute atomic E-state index is 13.5. The standard InChI is InChI=1S/C13H18FN3O4/c1-13(2,3)21-12(18)16-7-6-15-11-5-4-9(17(19)20)8-10(11)14/h4-5,8,15H,6-7H2,1-3H3,(H,16,18). The summed E-state index contributed by atoms with van der Waals surface area (Å²) >= 11 is 0. The van der Waals surface area contributed by atoms with E-state index >= 15 is 0 Å². The summed E-state index contributed by atoms with van der Waals surface area (Å²) in [6, 6.07) is 3.32. The Morgan fingerprint density at radius 1 is 1.38 bits per heavy atom. The Kier molecular flexibility index (Phi) is 5.45. The van der Waals surface area contributed by atoms with Gasteiger partial charge in [-0.2, -0.15) is 0 Å². The van der Waals surface area contributed by atoms with Gasteiger partial charge in [-0.05, 0) is 26.8 Å². The Balaban J connectivity index is 2.40. The van der Waals surface area contributed by atoms with Crippen LogP contribution >= 0.6 is 0 Å². The number of carbonyl (C=O) groups excluding carboxylic acids is 1. The number of nitro benzene ring substituents is 1. The largest absolute Gasteiger partial charge is 0.444 e. The number of ether oxygens (including phenoxy) is 1. The predicted molar refractivity (Wildman–Crippen MR) is 75.8 cm³/mol. The lowest BCUT2D eigenvalue weighted by atomic mass is 10.2. The van der Waals surface area contributed by atoms with Crippen LogP contribution in [0.2, 0.25) is 0 Å². The van der Waals surface area contributed by atoms with Gasteiger partial charge in [-0.1, -0.05) is 0 Å². The summed E-state index contributed by atoms with van der Waals surface area (Å²) in [6.07, 6.45) is -0.562. The molecule has 1 aromatic carbocycles. The zero-order valence-electron chi connectivity index (χ0n) is 12.1. The summed E-state index contributed by atoms with van der Waals surface area (Å²) in [6.45, 7) is 5.73. The Morgan fingerprint density at radius 3 is 2.57 bits per heavy atom. The van der Waals surface area contributed by atoms with E-state index in [0.717, 1.165) is 6.07 Å². The molecule has 8 heteroatoms. The number of nitrogens with one attached hydrogen (secondary N) is 2. The molecule has 0 saturated carbocycles. The molecule has 0 aromatic heterocycles. The van der Waals surface area contributed by atoms with E-state index in [2.05, 4.69) is 10.6 Å². The highest BCUT2D eigenvalue weighted by Crippen LogP contribution is 2.20. The minimum absolute atomic E-state index is 0.131. The SMILES string of the molecule is CC(C)(C)OC(=O)NCCNc1ccc([N+](=O)[O-])cc1F. The average molecular weight is 299 g/mol. The Bertz CT molecular complexity index is 529. The van der Waals surface area contributed by atoms with Crippen LogP contribution in [-0.2, 0) is 4.74 Å². The molecule has 2 N–H and O–H groups in total. The molecule has 7 nitrogen and oxygen atoms in total. The Hall–Kier alpha value is -2.38. The van der Waals surface area contributed by atoms with Crippen LogP contribution in [0.5, 0.6) is 0 Å². The second kappa shape index (κ2) is 6.87. The molecule has 0 aliphatic heterocycles. The van der Waals surface area contributed by atoms with Gasteiger partial charge in [0.1, 0.15) is 5.60 Å². The number of alkyl carbamates (subject to hydrolysis) is 1. The molecule has 0 aliphatic carbocycles. The highest BCUT2D eigenvalue weighted by Gasteiger charge is 2.15. The van der Waals surface area contributed by atoms with Crippen LogP contribution in [0.1, 0.15) is 20.8 Å². The molecule has 1 rings (SSSR count). The van der Waals surface area contributed by atoms with Gasteiger partial charge in [-0.25, -0.2) is 9.18 Å². The lowest BCUT2D eigenvalue weighted by Crippen LogP contribution is -2.35. The third kappa shape index (κ3) is 6.07. The van der Waals surface area contributed by atoms with Gasteiger partial charge >= 0.3 is 6.09 Å². The van der Waals surface area contributed by atoms with Crippen LogP contribution in [0.4, 0.5) is 20.6 Å². The van der Waals surface area contributed by atoms with E-state index in [1.165, 1.54) is 12.1 Å². The number of nitro groups is 1. The molecule has 0 aliphatic rings. The van der Waals surface area contributed by atoms with Crippen molar-refractivity contribution in [3.63, 3.8) is 0 Å². The molecule has 0 unspecified atom stereocenters. The number of rotatable bonds is 5. The highest BCUT2D eigenvalue weighted by molar-refractivity contribution is 5.67. The van der Waals surface area contributed by atoms with Gasteiger partial charge in [0, 0.05) is 19.2 Å². The minimum atomic E-state index is -0.721. The first-order valence-electron chi connectivity index (χ1n) is 6.34. The van der Waals surface area contributed by atoms with Gasteiger partial charge in [0.15, 0.2) is 5.82 Å². The van der Waals surface area contributed by atoms with Crippen molar-refractivity contribution in [2.45, 2.75) is 26.4 Å². The average Bonchev–Trinajstić information content (AvgIpc) is 2.33. The van der Waals surface area contributed by atoms with Crippen LogP contribution in [0, 0.1) is 15.9 Å². The predicted octanol–water partition coefficient (Wildman–Crippen LogP) is 2.67. The molecule has 0 spiro atoms. The number of hydrogen-bond acceptors (Lipinski definition) is 5. The summed E-state index contributed by atoms with van der Waals surface area (Å²) < 4.78 is 18.6. The van der Waals surface area contributed by atoms with Crippen molar-refractivity contribution in [3.05, 3.63) is 34.1 Å². The second-order valence-corrected chi connectivity index (χ2v) is 5.28. The fourth-order valence-corrected chi connectivity index (χ4v) is 1.44. The fourth-order valence-electron chi connectivity index (χ4n) is 1.44. The normalized spacial score (nSPS) is 10.9. The molecule has 0 atom stereocenters. The highest BCUT2D eigenvalue weighted by atomic mass is 19.1. The van der Waals surface area contributed by atoms with Gasteiger partial charge in [-0.15, -0.1) is 0 Å². The van der Waals surface area contributed by atoms with Crippen molar-refractivity contribution in [3.8, 4) is 0 Å². The fraction of sp³-hybridized carbons (Fsp3) is 0.462. The van der Waals surface area contributed by atoms with Gasteiger partial charge in [0.2, 0.25) is 0 Å². The topological polar surface area (TPSA) is 93.5 Å². The monoisotopic (exact) mass is 299 g/mol. The maximum atomic E-state index is 13.5. The van der Waals surface area contributed by atoms with E-state index in [4.69, 9.17) is 4.74 Å². The number of anilines is 1. The zero-order chi connectivity index (χ0) is 16.0. The first kappa shape index (κ1) is 16.7. The Labute approximate surface area is 121 Å². The van der Waals surface area contributed by atoms with Crippen LogP contribution in [0.25, 0.3) is 0 Å². The van der Waals surface area contributed by atoms with Crippen LogP contribution < -0.4 is 10.6 Å². The van der Waals surface area contributed by atoms with E-state index in [0.29, 0.717) is 0 Å². The number of nitrogens with zero attached hydrogens (tertiary/aromatic N) is 1. The molecule has 0 heterocycles. The first-order valence-corrected chi connectivity index (χ1v) is 6.34. The summed E-state index contributed by atoms with van der Waals surface area (Å²) in [5, 5.41) is 15.7. The molecule has 0 saturated heterocycles. The molecule has 116 valence electrons. The van der Waals surface area contributed by atoms with Crippen molar-refractivity contribution in [1.82, 2.24) is 5.32 Å². The third-order valence-corrected chi connectivity index (χ3v) is 2.27. The van der Waals surface area contributed by atoms with E-state index in [1.54, 1.807) is 20.8 Å². The maximum Gasteiger partial charge on any atom is 0.407 e. The quantitative estimate of drug-likeness (QED) is 0.495. The minimum Gasteiger partial charge on any atom is -0.444 e. The molecule has 0 radical (unpaired) electrons. The molecule has 1 amide bonds. The van der Waals surface area contributed by atoms with Crippen molar-refractivity contribution in [1.29, 1.82) is 0 Å². The van der Waals surface area contributed by atoms with E-state index in [1.807, 2.05) is 0 Å². The van der Waals surface area contributed by atoms with Crippen molar-refractivity contribution in [2.75, 3.05) is 18.4 Å². The number of non-ortho nitro benzene ring substituents is 1. The van der Waals surface area contributed by atoms with Gasteiger partial charge < -0.3 is 15.4 Å². The molecular formula is C13H18FN3O4. The van der Waals surface area contributed by atoms with Crippen molar-refractivity contribution in [2.24, 2.45) is 0 Å². The van der Waals surface area contributed by atoms with Crippen LogP contribution in [0.3, 0.4) is 0 Å². The van der Waals surface area contributed by atoms with Crippen molar-refractivity contribution < 1.29 is 18.8 Å². The number of benzene rings is 1. The third-order valence-electron chi connectivity index (χ3n) is 2.27. The molecule has 21 heavy (non-hydrogen) atoms. The number of carbonyl (C=O) groups is 1. The molecule has 0 bridgehead atoms. The first-order chi connectivity index (χ1) is 9.69. The summed E-state index contributed by atoms with van der Waals surface area (Å²) in [7, 11) is 0. The zero-order valence-corrected chi connectivity index (χ0v) is 12.1. The van der Waals surface area contributed by atoms with E-state index < -0.39 is 22.4 Å². The van der Waals surface area contributed by atoms with Gasteiger partial charge in [0.25, 0.3) is 5.69 Å². The summed E-state index contributed by atoms with van der Waals surface area (Å²) in [4.78, 5) is 21.1. The summed E-state index contributed by atoms with van der Waals surface area (Å²) in [5.74, 6) is -0.721. The Morgan fingerprint density at radius 2 is 2.05 bits per heavy atom. The number of halogens is 1. The van der Waals surface area contributed by atoms with E-state index in [9.17, 15) is 19.3 Å². The van der Waals surface area contributed by atoms with Gasteiger partial charge in [-0.3, -0.25) is 10.1 Å². The molecule has 1 aromatic rings. The number of hydrogen-bond donors (Lipinski definition) is 2. The lowest BCUT2D eigenvalue weighted by molar-refractivity contribution is -0.385.